The van der Waals surface area contributed by atoms with E-state index in [4.69, 9.17) is 0 Å². The van der Waals surface area contributed by atoms with Crippen LogP contribution in [0.5, 0.6) is 0 Å². The summed E-state index contributed by atoms with van der Waals surface area (Å²) in [5, 5.41) is 9.68. The molecule has 0 saturated carbocycles. The molecule has 0 aliphatic carbocycles. The molecule has 0 heterocycles. The van der Waals surface area contributed by atoms with E-state index in [0.29, 0.717) is 0 Å². The smallest absolute Gasteiger partial charge is 0.186 e. The highest BCUT2D eigenvalue weighted by molar-refractivity contribution is 5.96. The number of carbonyl (C=O) groups is 1. The van der Waals surface area contributed by atoms with Gasteiger partial charge in [-0.25, -0.2) is 0 Å². The summed E-state index contributed by atoms with van der Waals surface area (Å²) in [7, 11) is 0. The van der Waals surface area contributed by atoms with Crippen molar-refractivity contribution in [3.05, 3.63) is 167 Å². The molecule has 42 heavy (non-hydrogen) atoms. The molecule has 224 valence electrons. The number of rotatable bonds is 15. The van der Waals surface area contributed by atoms with Gasteiger partial charge in [0.25, 0.3) is 0 Å². The van der Waals surface area contributed by atoms with Crippen molar-refractivity contribution in [3.8, 4) is 0 Å². The average Bonchev–Trinajstić information content (AvgIpc) is 2.89. The lowest BCUT2D eigenvalue weighted by Crippen LogP contribution is -2.29. The summed E-state index contributed by atoms with van der Waals surface area (Å²) in [5.74, 6) is -0.313. The van der Waals surface area contributed by atoms with Crippen LogP contribution in [0.2, 0.25) is 0 Å². The van der Waals surface area contributed by atoms with Gasteiger partial charge in [-0.2, -0.15) is 0 Å². The van der Waals surface area contributed by atoms with Gasteiger partial charge in [-0.1, -0.05) is 161 Å². The molecule has 0 aromatic rings. The number of hydrogen-bond donors (Lipinski definition) is 1. The summed E-state index contributed by atoms with van der Waals surface area (Å²) in [6.45, 7) is 19.5. The lowest BCUT2D eigenvalue weighted by atomic mass is 10.0. The van der Waals surface area contributed by atoms with E-state index < -0.39 is 5.60 Å². The van der Waals surface area contributed by atoms with Gasteiger partial charge in [-0.05, 0) is 75.3 Å². The van der Waals surface area contributed by atoms with Crippen LogP contribution in [0, 0.1) is 0 Å². The van der Waals surface area contributed by atoms with Crippen molar-refractivity contribution in [1.29, 1.82) is 0 Å². The van der Waals surface area contributed by atoms with Gasteiger partial charge in [0.2, 0.25) is 0 Å². The van der Waals surface area contributed by atoms with Crippen LogP contribution in [0.4, 0.5) is 0 Å². The van der Waals surface area contributed by atoms with Gasteiger partial charge in [0, 0.05) is 0 Å². The van der Waals surface area contributed by atoms with Crippen molar-refractivity contribution in [2.45, 2.75) is 74.8 Å². The Bertz CT molecular complexity index is 1300. The van der Waals surface area contributed by atoms with Crippen LogP contribution in [-0.2, 0) is 4.79 Å². The molecule has 0 aromatic carbocycles. The SMILES string of the molecule is CC(C)=C/C=C/C(C)=C/C=C/C(C)=C/C=C/C(C)=C/C=C/C=C(C)/C=C/C=C(C)/C=C/C=C(C)/C=C/C(=O)C(C)(C)O. The number of aliphatic hydroxyl groups is 1. The quantitative estimate of drug-likeness (QED) is 0.159. The van der Waals surface area contributed by atoms with E-state index in [9.17, 15) is 9.90 Å². The molecule has 0 aromatic heterocycles. The lowest BCUT2D eigenvalue weighted by molar-refractivity contribution is -0.128. The standard InChI is InChI=1S/C40H52O2/c1-32(2)18-13-21-35(5)24-16-27-36(6)25-14-22-33(3)19-11-12-20-34(4)23-15-26-37(7)28-17-29-38(8)30-31-39(41)40(9,10)42/h11-31,42H,1-10H3/b12-11+,21-13+,22-14+,23-15+,27-16+,28-17+,31-30+,33-19+,34-20+,35-24+,36-25+,37-26+,38-29+. The van der Waals surface area contributed by atoms with Crippen LogP contribution in [-0.4, -0.2) is 16.5 Å². The van der Waals surface area contributed by atoms with E-state index >= 15 is 0 Å². The molecule has 0 radical (unpaired) electrons. The second-order valence-corrected chi connectivity index (χ2v) is 11.1. The van der Waals surface area contributed by atoms with Gasteiger partial charge >= 0.3 is 0 Å². The van der Waals surface area contributed by atoms with Crippen molar-refractivity contribution in [3.63, 3.8) is 0 Å². The summed E-state index contributed by atoms with van der Waals surface area (Å²) >= 11 is 0. The minimum atomic E-state index is -1.34. The highest BCUT2D eigenvalue weighted by atomic mass is 16.3. The van der Waals surface area contributed by atoms with E-state index in [-0.39, 0.29) is 5.78 Å². The summed E-state index contributed by atoms with van der Waals surface area (Å²) in [5.41, 5.74) is 6.72. The fourth-order valence-corrected chi connectivity index (χ4v) is 2.96. The van der Waals surface area contributed by atoms with Gasteiger partial charge in [0.1, 0.15) is 5.60 Å². The van der Waals surface area contributed by atoms with Crippen LogP contribution in [0.15, 0.2) is 167 Å². The minimum Gasteiger partial charge on any atom is -0.382 e. The maximum Gasteiger partial charge on any atom is 0.186 e. The minimum absolute atomic E-state index is 0.313. The Morgan fingerprint density at radius 3 is 0.952 bits per heavy atom. The Balaban J connectivity index is 4.85. The first-order valence-electron chi connectivity index (χ1n) is 14.4. The van der Waals surface area contributed by atoms with E-state index in [2.05, 4.69) is 114 Å². The van der Waals surface area contributed by atoms with Crippen LogP contribution in [0.25, 0.3) is 0 Å². The molecule has 0 aliphatic heterocycles. The lowest BCUT2D eigenvalue weighted by Gasteiger charge is -2.11. The summed E-state index contributed by atoms with van der Waals surface area (Å²) in [4.78, 5) is 11.7. The molecule has 0 rings (SSSR count). The van der Waals surface area contributed by atoms with E-state index in [1.165, 1.54) is 42.2 Å². The zero-order chi connectivity index (χ0) is 32.0. The van der Waals surface area contributed by atoms with Gasteiger partial charge in [-0.15, -0.1) is 0 Å². The molecular weight excluding hydrogens is 512 g/mol. The zero-order valence-electron chi connectivity index (χ0n) is 27.5. The van der Waals surface area contributed by atoms with Crippen molar-refractivity contribution < 1.29 is 9.90 Å². The first-order chi connectivity index (χ1) is 19.7. The monoisotopic (exact) mass is 564 g/mol. The molecule has 0 amide bonds. The first kappa shape index (κ1) is 38.0. The maximum atomic E-state index is 11.7. The van der Waals surface area contributed by atoms with Gasteiger partial charge in [0.15, 0.2) is 5.78 Å². The summed E-state index contributed by atoms with van der Waals surface area (Å²) in [6.07, 6.45) is 42.3. The highest BCUT2D eigenvalue weighted by Gasteiger charge is 2.20. The van der Waals surface area contributed by atoms with Crippen LogP contribution in [0.1, 0.15) is 69.2 Å². The summed E-state index contributed by atoms with van der Waals surface area (Å²) < 4.78 is 0. The van der Waals surface area contributed by atoms with E-state index in [1.54, 1.807) is 6.08 Å². The molecule has 0 fully saturated rings. The molecule has 1 N–H and O–H groups in total. The predicted octanol–water partition coefficient (Wildman–Crippen LogP) is 10.9. The largest absolute Gasteiger partial charge is 0.382 e. The third-order valence-electron chi connectivity index (χ3n) is 5.59. The van der Waals surface area contributed by atoms with Crippen LogP contribution < -0.4 is 0 Å². The van der Waals surface area contributed by atoms with E-state index in [1.807, 2.05) is 56.4 Å². The average molecular weight is 565 g/mol. The Labute approximate surface area is 256 Å². The zero-order valence-corrected chi connectivity index (χ0v) is 27.5. The Morgan fingerprint density at radius 1 is 0.405 bits per heavy atom. The molecule has 2 nitrogen and oxygen atoms in total. The fourth-order valence-electron chi connectivity index (χ4n) is 2.96. The second-order valence-electron chi connectivity index (χ2n) is 11.1. The molecule has 0 unspecified atom stereocenters. The normalized spacial score (nSPS) is 15.8. The van der Waals surface area contributed by atoms with Crippen LogP contribution >= 0.6 is 0 Å². The molecule has 0 aliphatic rings. The molecule has 0 bridgehead atoms. The van der Waals surface area contributed by atoms with Crippen molar-refractivity contribution in [2.75, 3.05) is 0 Å². The molecule has 0 saturated heterocycles. The molecule has 0 spiro atoms. The summed E-state index contributed by atoms with van der Waals surface area (Å²) in [6, 6.07) is 0. The van der Waals surface area contributed by atoms with E-state index in [0.717, 1.165) is 16.7 Å². The van der Waals surface area contributed by atoms with Crippen molar-refractivity contribution in [1.82, 2.24) is 0 Å². The number of allylic oxidation sites excluding steroid dienone is 27. The number of ketones is 1. The van der Waals surface area contributed by atoms with Gasteiger partial charge in [0.05, 0.1) is 0 Å². The van der Waals surface area contributed by atoms with Gasteiger partial charge in [-0.3, -0.25) is 4.79 Å². The second kappa shape index (κ2) is 21.7. The third kappa shape index (κ3) is 22.8. The van der Waals surface area contributed by atoms with Crippen LogP contribution in [0.3, 0.4) is 0 Å². The van der Waals surface area contributed by atoms with Crippen molar-refractivity contribution in [2.24, 2.45) is 0 Å². The highest BCUT2D eigenvalue weighted by Crippen LogP contribution is 2.07. The molecular formula is C40H52O2. The molecule has 2 heteroatoms. The number of hydrogen-bond acceptors (Lipinski definition) is 2. The maximum absolute atomic E-state index is 11.7. The molecule has 0 atom stereocenters. The Hall–Kier alpha value is -4.01. The fraction of sp³-hybridized carbons (Fsp3) is 0.275. The van der Waals surface area contributed by atoms with Gasteiger partial charge < -0.3 is 5.11 Å². The first-order valence-corrected chi connectivity index (χ1v) is 14.4. The predicted molar refractivity (Wildman–Crippen MR) is 187 cm³/mol. The van der Waals surface area contributed by atoms with Crippen molar-refractivity contribution >= 4 is 5.78 Å². The third-order valence-corrected chi connectivity index (χ3v) is 5.59. The Kier molecular flexibility index (Phi) is 19.6. The Morgan fingerprint density at radius 2 is 0.667 bits per heavy atom. The number of carbonyl (C=O) groups excluding carboxylic acids is 1. The topological polar surface area (TPSA) is 37.3 Å².